The van der Waals surface area contributed by atoms with Gasteiger partial charge in [-0.2, -0.15) is 11.8 Å². The van der Waals surface area contributed by atoms with Gasteiger partial charge in [-0.05, 0) is 5.56 Å². The van der Waals surface area contributed by atoms with Crippen LogP contribution in [0.5, 0.6) is 0 Å². The van der Waals surface area contributed by atoms with Crippen molar-refractivity contribution in [3.63, 3.8) is 0 Å². The molecule has 1 amide bonds. The van der Waals surface area contributed by atoms with Gasteiger partial charge in [0.1, 0.15) is 0 Å². The molecule has 4 nitrogen and oxygen atoms in total. The number of amides is 1. The molecule has 2 rings (SSSR count). The summed E-state index contributed by atoms with van der Waals surface area (Å²) < 4.78 is 5.31. The van der Waals surface area contributed by atoms with E-state index in [-0.39, 0.29) is 5.91 Å². The number of rotatable bonds is 7. The Morgan fingerprint density at radius 1 is 1.25 bits per heavy atom. The highest BCUT2D eigenvalue weighted by Gasteiger charge is 2.09. The van der Waals surface area contributed by atoms with E-state index in [4.69, 9.17) is 4.74 Å². The number of carbonyl (C=O) groups is 1. The van der Waals surface area contributed by atoms with Crippen LogP contribution >= 0.6 is 11.8 Å². The van der Waals surface area contributed by atoms with Gasteiger partial charge in [0.15, 0.2) is 0 Å². The van der Waals surface area contributed by atoms with Crippen LogP contribution in [0.15, 0.2) is 30.3 Å². The molecule has 0 atom stereocenters. The topological polar surface area (TPSA) is 41.6 Å². The number of hydrogen-bond acceptors (Lipinski definition) is 4. The third kappa shape index (κ3) is 5.94. The van der Waals surface area contributed by atoms with Crippen molar-refractivity contribution < 1.29 is 9.53 Å². The molecule has 1 aromatic rings. The molecule has 0 aliphatic carbocycles. The lowest BCUT2D eigenvalue weighted by Crippen LogP contribution is -2.37. The molecule has 20 heavy (non-hydrogen) atoms. The van der Waals surface area contributed by atoms with E-state index in [9.17, 15) is 4.79 Å². The lowest BCUT2D eigenvalue weighted by molar-refractivity contribution is -0.118. The van der Waals surface area contributed by atoms with Crippen molar-refractivity contribution in [1.29, 1.82) is 0 Å². The Morgan fingerprint density at radius 2 is 2.00 bits per heavy atom. The van der Waals surface area contributed by atoms with E-state index in [1.165, 1.54) is 0 Å². The van der Waals surface area contributed by atoms with Crippen LogP contribution in [0.2, 0.25) is 0 Å². The van der Waals surface area contributed by atoms with Crippen LogP contribution in [0.25, 0.3) is 0 Å². The first-order valence-electron chi connectivity index (χ1n) is 7.03. The molecule has 5 heteroatoms. The first-order chi connectivity index (χ1) is 9.84. The fourth-order valence-corrected chi connectivity index (χ4v) is 2.85. The van der Waals surface area contributed by atoms with Gasteiger partial charge >= 0.3 is 0 Å². The van der Waals surface area contributed by atoms with Gasteiger partial charge in [-0.25, -0.2) is 0 Å². The van der Waals surface area contributed by atoms with Gasteiger partial charge in [-0.1, -0.05) is 30.3 Å². The second-order valence-corrected chi connectivity index (χ2v) is 5.87. The van der Waals surface area contributed by atoms with Crippen LogP contribution in [0.1, 0.15) is 5.56 Å². The summed E-state index contributed by atoms with van der Waals surface area (Å²) in [4.78, 5) is 14.1. The second-order valence-electron chi connectivity index (χ2n) is 4.77. The Hall–Kier alpha value is -1.04. The molecule has 0 radical (unpaired) electrons. The molecule has 0 saturated carbocycles. The average molecular weight is 294 g/mol. The summed E-state index contributed by atoms with van der Waals surface area (Å²) >= 11 is 1.70. The Kier molecular flexibility index (Phi) is 6.91. The number of thioether (sulfide) groups is 1. The molecular formula is C15H22N2O2S. The first-order valence-corrected chi connectivity index (χ1v) is 8.18. The van der Waals surface area contributed by atoms with Crippen LogP contribution in [-0.2, 0) is 16.1 Å². The SMILES string of the molecule is O=C(CSCCN1CCOCC1)NCc1ccccc1. The van der Waals surface area contributed by atoms with Crippen molar-refractivity contribution in [2.75, 3.05) is 44.4 Å². The minimum absolute atomic E-state index is 0.112. The third-order valence-corrected chi connectivity index (χ3v) is 4.16. The van der Waals surface area contributed by atoms with Gasteiger partial charge in [0.2, 0.25) is 5.91 Å². The Morgan fingerprint density at radius 3 is 2.75 bits per heavy atom. The largest absolute Gasteiger partial charge is 0.379 e. The molecule has 1 heterocycles. The smallest absolute Gasteiger partial charge is 0.230 e. The normalized spacial score (nSPS) is 16.0. The first kappa shape index (κ1) is 15.4. The standard InChI is InChI=1S/C15H22N2O2S/c18-15(16-12-14-4-2-1-3-5-14)13-20-11-8-17-6-9-19-10-7-17/h1-5H,6-13H2,(H,16,18). The molecule has 0 spiro atoms. The van der Waals surface area contributed by atoms with Crippen molar-refractivity contribution in [3.8, 4) is 0 Å². The molecule has 1 N–H and O–H groups in total. The Balaban J connectivity index is 1.51. The fraction of sp³-hybridized carbons (Fsp3) is 0.533. The number of benzene rings is 1. The van der Waals surface area contributed by atoms with E-state index in [1.807, 2.05) is 30.3 Å². The maximum atomic E-state index is 11.7. The van der Waals surface area contributed by atoms with E-state index in [0.29, 0.717) is 12.3 Å². The van der Waals surface area contributed by atoms with Gasteiger partial charge in [0.05, 0.1) is 19.0 Å². The van der Waals surface area contributed by atoms with E-state index in [2.05, 4.69) is 10.2 Å². The second kappa shape index (κ2) is 9.00. The van der Waals surface area contributed by atoms with Gasteiger partial charge in [0, 0.05) is 31.9 Å². The predicted molar refractivity (Wildman–Crippen MR) is 82.9 cm³/mol. The highest BCUT2D eigenvalue weighted by atomic mass is 32.2. The zero-order valence-corrected chi connectivity index (χ0v) is 12.5. The molecule has 1 saturated heterocycles. The molecule has 0 aromatic heterocycles. The van der Waals surface area contributed by atoms with Gasteiger partial charge in [-0.15, -0.1) is 0 Å². The van der Waals surface area contributed by atoms with Crippen LogP contribution < -0.4 is 5.32 Å². The monoisotopic (exact) mass is 294 g/mol. The summed E-state index contributed by atoms with van der Waals surface area (Å²) in [5, 5.41) is 2.94. The third-order valence-electron chi connectivity index (χ3n) is 3.22. The molecule has 0 bridgehead atoms. The molecule has 1 aliphatic heterocycles. The zero-order valence-electron chi connectivity index (χ0n) is 11.7. The maximum Gasteiger partial charge on any atom is 0.230 e. The highest BCUT2D eigenvalue weighted by molar-refractivity contribution is 7.99. The number of hydrogen-bond donors (Lipinski definition) is 1. The zero-order chi connectivity index (χ0) is 14.0. The molecular weight excluding hydrogens is 272 g/mol. The van der Waals surface area contributed by atoms with Gasteiger partial charge in [-0.3, -0.25) is 9.69 Å². The van der Waals surface area contributed by atoms with E-state index in [0.717, 1.165) is 44.2 Å². The van der Waals surface area contributed by atoms with Crippen molar-refractivity contribution in [3.05, 3.63) is 35.9 Å². The van der Waals surface area contributed by atoms with Gasteiger partial charge in [0.25, 0.3) is 0 Å². The van der Waals surface area contributed by atoms with Gasteiger partial charge < -0.3 is 10.1 Å². The molecule has 0 unspecified atom stereocenters. The average Bonchev–Trinajstić information content (AvgIpc) is 2.52. The predicted octanol–water partition coefficient (Wildman–Crippen LogP) is 1.37. The van der Waals surface area contributed by atoms with Crippen molar-refractivity contribution >= 4 is 17.7 Å². The molecule has 110 valence electrons. The quantitative estimate of drug-likeness (QED) is 0.771. The number of nitrogens with zero attached hydrogens (tertiary/aromatic N) is 1. The Labute approximate surface area is 124 Å². The van der Waals surface area contributed by atoms with Crippen LogP contribution in [0.3, 0.4) is 0 Å². The summed E-state index contributed by atoms with van der Waals surface area (Å²) in [5.41, 5.74) is 1.14. The van der Waals surface area contributed by atoms with E-state index in [1.54, 1.807) is 11.8 Å². The van der Waals surface area contributed by atoms with Crippen molar-refractivity contribution in [1.82, 2.24) is 10.2 Å². The van der Waals surface area contributed by atoms with Crippen LogP contribution in [-0.4, -0.2) is 55.2 Å². The van der Waals surface area contributed by atoms with Crippen LogP contribution in [0, 0.1) is 0 Å². The number of morpholine rings is 1. The summed E-state index contributed by atoms with van der Waals surface area (Å²) in [6, 6.07) is 9.99. The Bertz CT molecular complexity index is 394. The number of carbonyl (C=O) groups excluding carboxylic acids is 1. The minimum Gasteiger partial charge on any atom is -0.379 e. The van der Waals surface area contributed by atoms with Crippen molar-refractivity contribution in [2.24, 2.45) is 0 Å². The molecule has 1 aromatic carbocycles. The number of nitrogens with one attached hydrogen (secondary N) is 1. The fourth-order valence-electron chi connectivity index (χ4n) is 2.03. The number of ether oxygens (including phenoxy) is 1. The van der Waals surface area contributed by atoms with E-state index >= 15 is 0 Å². The summed E-state index contributed by atoms with van der Waals surface area (Å²) in [5.74, 6) is 1.65. The summed E-state index contributed by atoms with van der Waals surface area (Å²) in [6.45, 7) is 5.36. The lowest BCUT2D eigenvalue weighted by atomic mass is 10.2. The van der Waals surface area contributed by atoms with Crippen molar-refractivity contribution in [2.45, 2.75) is 6.54 Å². The van der Waals surface area contributed by atoms with E-state index < -0.39 is 0 Å². The molecule has 1 aliphatic rings. The van der Waals surface area contributed by atoms with Crippen LogP contribution in [0.4, 0.5) is 0 Å². The summed E-state index contributed by atoms with van der Waals surface area (Å²) in [7, 11) is 0. The maximum absolute atomic E-state index is 11.7. The summed E-state index contributed by atoms with van der Waals surface area (Å²) in [6.07, 6.45) is 0. The molecule has 1 fully saturated rings. The highest BCUT2D eigenvalue weighted by Crippen LogP contribution is 2.04. The lowest BCUT2D eigenvalue weighted by Gasteiger charge is -2.26. The minimum atomic E-state index is 0.112.